The zero-order valence-electron chi connectivity index (χ0n) is 17.2. The predicted octanol–water partition coefficient (Wildman–Crippen LogP) is 3.34. The summed E-state index contributed by atoms with van der Waals surface area (Å²) in [7, 11) is -3.43. The van der Waals surface area contributed by atoms with Gasteiger partial charge in [0.1, 0.15) is 16.6 Å². The maximum Gasteiger partial charge on any atom is 0.225 e. The molecular formula is C21H25F2N3O3S2. The Labute approximate surface area is 184 Å². The molecule has 2 atom stereocenters. The molecule has 168 valence electrons. The van der Waals surface area contributed by atoms with E-state index < -0.39 is 21.7 Å². The van der Waals surface area contributed by atoms with Gasteiger partial charge in [-0.25, -0.2) is 26.9 Å². The van der Waals surface area contributed by atoms with E-state index in [4.69, 9.17) is 0 Å². The monoisotopic (exact) mass is 469 g/mol. The fourth-order valence-electron chi connectivity index (χ4n) is 4.15. The van der Waals surface area contributed by atoms with E-state index in [1.165, 1.54) is 23.5 Å². The molecule has 1 amide bonds. The first-order valence-electron chi connectivity index (χ1n) is 10.5. The van der Waals surface area contributed by atoms with Crippen molar-refractivity contribution < 1.29 is 22.0 Å². The van der Waals surface area contributed by atoms with Gasteiger partial charge in [-0.05, 0) is 38.3 Å². The second-order valence-electron chi connectivity index (χ2n) is 8.15. The summed E-state index contributed by atoms with van der Waals surface area (Å²) in [5.41, 5.74) is 1.02. The third-order valence-electron chi connectivity index (χ3n) is 6.07. The number of hydrogen-bond donors (Lipinski definition) is 1. The molecule has 0 spiro atoms. The van der Waals surface area contributed by atoms with Crippen LogP contribution in [-0.2, 0) is 21.2 Å². The fourth-order valence-corrected chi connectivity index (χ4v) is 5.87. The van der Waals surface area contributed by atoms with Gasteiger partial charge in [0.05, 0.1) is 17.5 Å². The molecule has 2 heterocycles. The van der Waals surface area contributed by atoms with Gasteiger partial charge in [0.15, 0.2) is 0 Å². The summed E-state index contributed by atoms with van der Waals surface area (Å²) in [6.45, 7) is 2.08. The molecule has 1 aromatic heterocycles. The minimum Gasteiger partial charge on any atom is -0.337 e. The molecule has 1 N–H and O–H groups in total. The zero-order valence-corrected chi connectivity index (χ0v) is 18.8. The number of nitrogens with one attached hydrogen (secondary N) is 1. The molecule has 0 radical (unpaired) electrons. The van der Waals surface area contributed by atoms with Crippen LogP contribution >= 0.6 is 11.3 Å². The van der Waals surface area contributed by atoms with Crippen molar-refractivity contribution in [2.24, 2.45) is 5.92 Å². The molecule has 2 aromatic rings. The van der Waals surface area contributed by atoms with Crippen LogP contribution in [0.5, 0.6) is 0 Å². The molecule has 4 rings (SSSR count). The lowest BCUT2D eigenvalue weighted by Crippen LogP contribution is -2.50. The summed E-state index contributed by atoms with van der Waals surface area (Å²) in [6, 6.07) is 2.54. The number of carbonyl (C=O) groups is 1. The van der Waals surface area contributed by atoms with Gasteiger partial charge in [-0.2, -0.15) is 0 Å². The van der Waals surface area contributed by atoms with E-state index in [-0.39, 0.29) is 29.7 Å². The maximum absolute atomic E-state index is 13.6. The van der Waals surface area contributed by atoms with Crippen molar-refractivity contribution in [3.63, 3.8) is 0 Å². The number of hydrogen-bond acceptors (Lipinski definition) is 5. The Kier molecular flexibility index (Phi) is 6.41. The Hall–Kier alpha value is -1.91. The number of rotatable bonds is 7. The van der Waals surface area contributed by atoms with Crippen molar-refractivity contribution in [3.8, 4) is 10.6 Å². The van der Waals surface area contributed by atoms with Gasteiger partial charge >= 0.3 is 0 Å². The highest BCUT2D eigenvalue weighted by molar-refractivity contribution is 7.89. The lowest BCUT2D eigenvalue weighted by molar-refractivity contribution is -0.139. The Bertz CT molecular complexity index is 1050. The van der Waals surface area contributed by atoms with Crippen LogP contribution < -0.4 is 4.72 Å². The van der Waals surface area contributed by atoms with Crippen LogP contribution in [0.15, 0.2) is 23.6 Å². The summed E-state index contributed by atoms with van der Waals surface area (Å²) in [4.78, 5) is 19.3. The molecule has 2 fully saturated rings. The molecular weight excluding hydrogens is 444 g/mol. The first-order chi connectivity index (χ1) is 14.8. The normalized spacial score (nSPS) is 22.0. The van der Waals surface area contributed by atoms with Crippen LogP contribution in [0.25, 0.3) is 10.6 Å². The van der Waals surface area contributed by atoms with Crippen molar-refractivity contribution in [2.75, 3.05) is 12.3 Å². The van der Waals surface area contributed by atoms with E-state index in [1.807, 2.05) is 0 Å². The van der Waals surface area contributed by atoms with E-state index in [0.29, 0.717) is 35.7 Å². The van der Waals surface area contributed by atoms with Gasteiger partial charge in [-0.15, -0.1) is 11.3 Å². The first-order valence-corrected chi connectivity index (χ1v) is 13.0. The quantitative estimate of drug-likeness (QED) is 0.675. The van der Waals surface area contributed by atoms with Crippen LogP contribution in [0.4, 0.5) is 8.78 Å². The minimum atomic E-state index is -3.43. The Morgan fingerprint density at radius 3 is 2.55 bits per heavy atom. The molecule has 1 saturated carbocycles. The molecule has 0 unspecified atom stereocenters. The number of nitrogens with zero attached hydrogens (tertiary/aromatic N) is 2. The highest BCUT2D eigenvalue weighted by Crippen LogP contribution is 2.33. The average molecular weight is 470 g/mol. The van der Waals surface area contributed by atoms with E-state index in [1.54, 1.807) is 17.2 Å². The third-order valence-corrected chi connectivity index (χ3v) is 8.44. The van der Waals surface area contributed by atoms with Crippen LogP contribution in [0.3, 0.4) is 0 Å². The molecule has 1 saturated heterocycles. The number of amides is 1. The van der Waals surface area contributed by atoms with Crippen LogP contribution in [0, 0.1) is 17.6 Å². The maximum atomic E-state index is 13.6. The standard InChI is InChI=1S/C21H25F2N3O3S2/c1-2-31(28,29)25-18-6-7-26(21(27)13-4-3-5-13)19(18)11-17-12-30-20(24-17)14-8-15(22)10-16(23)9-14/h8-10,12-13,18-19,25H,2-7,11H2,1H3/t18-,19-/m0/s1. The Morgan fingerprint density at radius 1 is 1.23 bits per heavy atom. The number of likely N-dealkylation sites (tertiary alicyclic amines) is 1. The smallest absolute Gasteiger partial charge is 0.225 e. The van der Waals surface area contributed by atoms with Crippen molar-refractivity contribution in [1.82, 2.24) is 14.6 Å². The predicted molar refractivity (Wildman–Crippen MR) is 115 cm³/mol. The Morgan fingerprint density at radius 2 is 1.94 bits per heavy atom. The molecule has 10 heteroatoms. The molecule has 6 nitrogen and oxygen atoms in total. The highest BCUT2D eigenvalue weighted by atomic mass is 32.2. The third kappa shape index (κ3) is 4.96. The van der Waals surface area contributed by atoms with Crippen LogP contribution in [0.1, 0.15) is 38.3 Å². The van der Waals surface area contributed by atoms with Crippen molar-refractivity contribution in [1.29, 1.82) is 0 Å². The second-order valence-corrected chi connectivity index (χ2v) is 11.1. The fraction of sp³-hybridized carbons (Fsp3) is 0.524. The number of aromatic nitrogens is 1. The van der Waals surface area contributed by atoms with E-state index in [0.717, 1.165) is 25.3 Å². The molecule has 1 aliphatic heterocycles. The first kappa shape index (κ1) is 22.3. The van der Waals surface area contributed by atoms with Gasteiger partial charge in [0.25, 0.3) is 0 Å². The average Bonchev–Trinajstić information content (AvgIpc) is 3.27. The zero-order chi connectivity index (χ0) is 22.2. The SMILES string of the molecule is CCS(=O)(=O)N[C@H]1CCN(C(=O)C2CCC2)[C@H]1Cc1csc(-c2cc(F)cc(F)c2)n1. The molecule has 31 heavy (non-hydrogen) atoms. The molecule has 1 aliphatic carbocycles. The van der Waals surface area contributed by atoms with Gasteiger partial charge in [0.2, 0.25) is 15.9 Å². The van der Waals surface area contributed by atoms with Crippen molar-refractivity contribution in [3.05, 3.63) is 40.9 Å². The molecule has 0 bridgehead atoms. The number of carbonyl (C=O) groups excluding carboxylic acids is 1. The van der Waals surface area contributed by atoms with Gasteiger partial charge in [-0.3, -0.25) is 4.79 Å². The lowest BCUT2D eigenvalue weighted by atomic mass is 9.84. The Balaban J connectivity index is 1.57. The van der Waals surface area contributed by atoms with Crippen LogP contribution in [-0.4, -0.2) is 48.6 Å². The van der Waals surface area contributed by atoms with Gasteiger partial charge in [0, 0.05) is 41.9 Å². The highest BCUT2D eigenvalue weighted by Gasteiger charge is 2.42. The summed E-state index contributed by atoms with van der Waals surface area (Å²) in [5, 5.41) is 2.28. The minimum absolute atomic E-state index is 0.0188. The molecule has 1 aromatic carbocycles. The number of benzene rings is 1. The van der Waals surface area contributed by atoms with Crippen molar-refractivity contribution in [2.45, 2.75) is 51.1 Å². The van der Waals surface area contributed by atoms with Crippen LogP contribution in [0.2, 0.25) is 0 Å². The summed E-state index contributed by atoms with van der Waals surface area (Å²) < 4.78 is 54.3. The topological polar surface area (TPSA) is 79.4 Å². The largest absolute Gasteiger partial charge is 0.337 e. The number of sulfonamides is 1. The second kappa shape index (κ2) is 8.91. The lowest BCUT2D eigenvalue weighted by Gasteiger charge is -2.34. The number of halogens is 2. The van der Waals surface area contributed by atoms with E-state index >= 15 is 0 Å². The summed E-state index contributed by atoms with van der Waals surface area (Å²) in [6.07, 6.45) is 3.72. The summed E-state index contributed by atoms with van der Waals surface area (Å²) in [5.74, 6) is -1.27. The van der Waals surface area contributed by atoms with E-state index in [2.05, 4.69) is 9.71 Å². The number of thiazole rings is 1. The van der Waals surface area contributed by atoms with Gasteiger partial charge < -0.3 is 4.90 Å². The molecule has 2 aliphatic rings. The summed E-state index contributed by atoms with van der Waals surface area (Å²) >= 11 is 1.27. The van der Waals surface area contributed by atoms with E-state index in [9.17, 15) is 22.0 Å². The van der Waals surface area contributed by atoms with Crippen molar-refractivity contribution >= 4 is 27.3 Å². The van der Waals surface area contributed by atoms with Gasteiger partial charge in [-0.1, -0.05) is 6.42 Å².